The third-order valence-corrected chi connectivity index (χ3v) is 29.8. The van der Waals surface area contributed by atoms with Crippen LogP contribution in [0.2, 0.25) is 0 Å². The van der Waals surface area contributed by atoms with Gasteiger partial charge in [0.2, 0.25) is 0 Å². The van der Waals surface area contributed by atoms with Crippen LogP contribution in [-0.2, 0) is 74.7 Å². The number of carbonyl (C=O) groups excluding carboxylic acids is 3. The van der Waals surface area contributed by atoms with Crippen molar-refractivity contribution in [3.63, 3.8) is 0 Å². The van der Waals surface area contributed by atoms with Gasteiger partial charge in [-0.05, 0) is 65.2 Å². The fraction of sp³-hybridized carbons (Fsp3) is 0.306. The third kappa shape index (κ3) is 28.7. The average molecular weight is 2440 g/mol. The summed E-state index contributed by atoms with van der Waals surface area (Å²) in [4.78, 5) is 52.3. The maximum absolute atomic E-state index is 11.7. The number of hydrogen-bond acceptors (Lipinski definition) is 11. The number of fused-ring (bicyclic) bond motifs is 6. The zero-order valence-electron chi connectivity index (χ0n) is 77.7. The molecule has 11 nitrogen and oxygen atoms in total. The predicted octanol–water partition coefficient (Wildman–Crippen LogP) is 28.9. The number of furan rings is 1. The zero-order valence-corrected chi connectivity index (χ0v) is 90.0. The number of rotatable bonds is 23. The molecule has 15 aromatic rings. The van der Waals surface area contributed by atoms with E-state index in [1.807, 2.05) is 86.7 Å². The van der Waals surface area contributed by atoms with Gasteiger partial charge in [-0.1, -0.05) is 55.4 Å². The standard InChI is InChI=1S/C29H24NSe.C27H19N2OSe.C24H22NSe.2C13H24O2.C5H8O2.3Ir/c1-18-12-19(2)14-24(13-18)26-15-25-16-27(31-28(25)17-30-26)22-8-10-23(11-9-22)29-20(3)6-5-7-21(29)4;1-15-9-16(2)11-18(10-15)24-13-19-12-23(28-14-25(19)31-24)22-6-4-5-20-21-8-7-17(3)29-27(21)30-26(20)22;1-15(2)18-5-7-19(8-6-18)23-13-21-12-22(25-14-24(21)26-23)20-10-16(3)9-17(4)11-20;2*1-5-10(6-2)12(14)9-13(15)11(7-3)8-4;1-4(6)3-5(2)7;;;/h5-13,15-17H,1-4H3;4-5,7-14H,1-3H3;5-10,12-15H,1-4H3;2*9-11,14H,5-8H2,1-4H3;3,6H,1-2H3;;;/q3*-1;;;;;;. The Bertz CT molecular complexity index is 6220. The van der Waals surface area contributed by atoms with Gasteiger partial charge in [-0.2, -0.15) is 0 Å². The average Bonchev–Trinajstić information content (AvgIpc) is 1.60. The molecule has 128 heavy (non-hydrogen) atoms. The summed E-state index contributed by atoms with van der Waals surface area (Å²) in [6, 6.07) is 72.0. The molecule has 0 spiro atoms. The van der Waals surface area contributed by atoms with Crippen molar-refractivity contribution in [3.8, 4) is 74.9 Å². The minimum Gasteiger partial charge on any atom is 0 e. The Morgan fingerprint density at radius 1 is 0.430 bits per heavy atom. The maximum atomic E-state index is 11.7. The van der Waals surface area contributed by atoms with Crippen LogP contribution in [0.1, 0.15) is 196 Å². The van der Waals surface area contributed by atoms with Crippen LogP contribution in [0, 0.1) is 104 Å². The van der Waals surface area contributed by atoms with Gasteiger partial charge >= 0.3 is 538 Å². The summed E-state index contributed by atoms with van der Waals surface area (Å²) in [7, 11) is 0. The van der Waals surface area contributed by atoms with Crippen molar-refractivity contribution in [2.45, 2.75) is 203 Å². The molecule has 8 aromatic heterocycles. The normalized spacial score (nSPS) is 11.4. The Hall–Kier alpha value is -8.70. The van der Waals surface area contributed by atoms with E-state index < -0.39 is 0 Å². The minimum atomic E-state index is -0.125. The van der Waals surface area contributed by atoms with Gasteiger partial charge in [-0.25, -0.2) is 0 Å². The Morgan fingerprint density at radius 3 is 1.23 bits per heavy atom. The number of ketones is 3. The van der Waals surface area contributed by atoms with Crippen molar-refractivity contribution < 1.29 is 94.4 Å². The van der Waals surface area contributed by atoms with Crippen LogP contribution in [0.4, 0.5) is 0 Å². The van der Waals surface area contributed by atoms with E-state index >= 15 is 0 Å². The van der Waals surface area contributed by atoms with Gasteiger partial charge in [-0.3, -0.25) is 14.4 Å². The SMILES string of the molecule is CC(=O)C=C(C)O.CCC(CC)C(=O)C=C(O)C(CC)CC.CCC(CC)C(=O)C=C(O)C(CC)CC.Cc1[c-]c(-c2cc3cc(-c4ccc(-c5c(C)cccc5C)cc4)[se]c3cn2)cc(C)c1.Cc1[c-]c(-c2cc3cc(-c4ccc(C(C)C)cc4)[se]c3cn2)cc(C)c1.Cc1cc(C)cc(-c2cc3cc(-c4[c-]ccc5c4oc4nc(C)ccc45)ncc3[se]2)c1.[Ir].[Ir].[Ir]. The molecule has 0 aliphatic rings. The molecule has 0 aliphatic carbocycles. The van der Waals surface area contributed by atoms with Crippen molar-refractivity contribution in [2.24, 2.45) is 23.7 Å². The molecule has 675 valence electrons. The molecule has 0 fully saturated rings. The number of aliphatic hydroxyl groups excluding tert-OH is 3. The van der Waals surface area contributed by atoms with Crippen molar-refractivity contribution in [3.05, 3.63) is 298 Å². The number of pyridine rings is 4. The van der Waals surface area contributed by atoms with Gasteiger partial charge in [0.1, 0.15) is 0 Å². The van der Waals surface area contributed by atoms with Crippen LogP contribution in [-0.4, -0.2) is 96.1 Å². The van der Waals surface area contributed by atoms with E-state index in [-0.39, 0.29) is 148 Å². The molecular formula is C111H121Ir3N4O7Se3-3. The van der Waals surface area contributed by atoms with E-state index in [1.54, 1.807) is 0 Å². The molecular weight excluding hydrogens is 2310 g/mol. The van der Waals surface area contributed by atoms with Crippen LogP contribution < -0.4 is 0 Å². The van der Waals surface area contributed by atoms with E-state index in [4.69, 9.17) is 24.5 Å². The summed E-state index contributed by atoms with van der Waals surface area (Å²) < 4.78 is 14.5. The van der Waals surface area contributed by atoms with Gasteiger partial charge in [-0.15, -0.1) is 0 Å². The number of aryl methyl sites for hydroxylation is 9. The topological polar surface area (TPSA) is 177 Å². The van der Waals surface area contributed by atoms with E-state index in [1.165, 1.54) is 141 Å². The van der Waals surface area contributed by atoms with Crippen molar-refractivity contribution in [2.75, 3.05) is 0 Å². The first-order chi connectivity index (χ1) is 59.8. The molecule has 0 bridgehead atoms. The summed E-state index contributed by atoms with van der Waals surface area (Å²) in [6.45, 7) is 42.6. The number of allylic oxidation sites excluding steroid dienone is 6. The number of carbonyl (C=O) groups is 3. The molecule has 15 rings (SSSR count). The second-order valence-corrected chi connectivity index (χ2v) is 39.9. The van der Waals surface area contributed by atoms with Crippen molar-refractivity contribution in [1.82, 2.24) is 19.9 Å². The van der Waals surface area contributed by atoms with E-state index in [2.05, 4.69) is 256 Å². The van der Waals surface area contributed by atoms with Crippen molar-refractivity contribution in [1.29, 1.82) is 0 Å². The van der Waals surface area contributed by atoms with Crippen LogP contribution in [0.15, 0.2) is 228 Å². The Labute approximate surface area is 817 Å². The number of benzene rings is 7. The smallest absolute Gasteiger partial charge is 0 e. The summed E-state index contributed by atoms with van der Waals surface area (Å²) >= 11 is 0.872. The molecule has 0 aliphatic heterocycles. The second-order valence-electron chi connectivity index (χ2n) is 33.1. The largest absolute Gasteiger partial charge is 0 e. The summed E-state index contributed by atoms with van der Waals surface area (Å²) in [5.41, 5.74) is 26.4. The molecule has 7 aromatic carbocycles. The molecule has 3 radical (unpaired) electrons. The second kappa shape index (κ2) is 50.6. The van der Waals surface area contributed by atoms with E-state index in [9.17, 15) is 24.6 Å². The predicted molar refractivity (Wildman–Crippen MR) is 527 cm³/mol. The van der Waals surface area contributed by atoms with Gasteiger partial charge in [0.15, 0.2) is 17.3 Å². The van der Waals surface area contributed by atoms with Crippen LogP contribution in [0.3, 0.4) is 0 Å². The molecule has 0 atom stereocenters. The fourth-order valence-electron chi connectivity index (χ4n) is 15.7. The maximum Gasteiger partial charge on any atom is 0 e. The first-order valence-corrected chi connectivity index (χ1v) is 49.0. The summed E-state index contributed by atoms with van der Waals surface area (Å²) in [5.74, 6) is 1.61. The quantitative estimate of drug-likeness (QED) is 0.0240. The van der Waals surface area contributed by atoms with Gasteiger partial charge in [0, 0.05) is 102 Å². The first kappa shape index (κ1) is 106. The van der Waals surface area contributed by atoms with Gasteiger partial charge < -0.3 is 15.3 Å². The number of aliphatic hydroxyl groups is 3. The van der Waals surface area contributed by atoms with E-state index in [0.29, 0.717) is 26.1 Å². The summed E-state index contributed by atoms with van der Waals surface area (Å²) in [5, 5.41) is 33.8. The third-order valence-electron chi connectivity index (χ3n) is 22.6. The monoisotopic (exact) mass is 2440 g/mol. The number of aromatic nitrogens is 4. The minimum absolute atomic E-state index is 0. The Morgan fingerprint density at radius 2 is 0.828 bits per heavy atom. The Kier molecular flexibility index (Phi) is 42.1. The van der Waals surface area contributed by atoms with Gasteiger partial charge in [0.05, 0.1) is 17.3 Å². The van der Waals surface area contributed by atoms with Crippen molar-refractivity contribution >= 4 is 112 Å². The first-order valence-electron chi connectivity index (χ1n) is 43.9. The van der Waals surface area contributed by atoms with Crippen LogP contribution in [0.25, 0.3) is 126 Å². The molecule has 0 amide bonds. The molecule has 0 saturated heterocycles. The fourth-order valence-corrected chi connectivity index (χ4v) is 22.1. The van der Waals surface area contributed by atoms with Crippen LogP contribution in [0.5, 0.6) is 0 Å². The summed E-state index contributed by atoms with van der Waals surface area (Å²) in [6.07, 6.45) is 17.1. The van der Waals surface area contributed by atoms with E-state index in [0.717, 1.165) is 118 Å². The number of hydrogen-bond donors (Lipinski definition) is 3. The zero-order chi connectivity index (χ0) is 90.5. The number of nitrogens with zero attached hydrogens (tertiary/aromatic N) is 4. The molecule has 0 saturated carbocycles. The van der Waals surface area contributed by atoms with Gasteiger partial charge in [0.25, 0.3) is 0 Å². The Balaban J connectivity index is 0.000000220. The molecule has 8 heterocycles. The molecule has 17 heteroatoms. The molecule has 0 unspecified atom stereocenters. The molecule has 3 N–H and O–H groups in total. The van der Waals surface area contributed by atoms with Crippen LogP contribution >= 0.6 is 0 Å².